The Labute approximate surface area is 106 Å². The molecule has 0 bridgehead atoms. The van der Waals surface area contributed by atoms with Crippen LogP contribution < -0.4 is 0 Å². The highest BCUT2D eigenvalue weighted by Crippen LogP contribution is 2.34. The molecule has 3 nitrogen and oxygen atoms in total. The summed E-state index contributed by atoms with van der Waals surface area (Å²) in [5.74, 6) is -0.465. The quantitative estimate of drug-likeness (QED) is 0.616. The average Bonchev–Trinajstić information content (AvgIpc) is 2.94. The van der Waals surface area contributed by atoms with Crippen LogP contribution in [0.25, 0.3) is 0 Å². The van der Waals surface area contributed by atoms with Gasteiger partial charge in [-0.15, -0.1) is 11.3 Å². The minimum Gasteiger partial charge on any atom is -0.268 e. The van der Waals surface area contributed by atoms with Crippen LogP contribution in [0.5, 0.6) is 0 Å². The Bertz CT molecular complexity index is 557. The van der Waals surface area contributed by atoms with Gasteiger partial charge in [0.15, 0.2) is 0 Å². The van der Waals surface area contributed by atoms with Gasteiger partial charge in [0.05, 0.1) is 15.3 Å². The summed E-state index contributed by atoms with van der Waals surface area (Å²) in [6, 6.07) is 10.7. The van der Waals surface area contributed by atoms with Gasteiger partial charge >= 0.3 is 0 Å². The molecule has 0 aliphatic carbocycles. The first-order chi connectivity index (χ1) is 8.27. The van der Waals surface area contributed by atoms with Crippen molar-refractivity contribution >= 4 is 35.1 Å². The van der Waals surface area contributed by atoms with Gasteiger partial charge in [0.25, 0.3) is 11.8 Å². The van der Waals surface area contributed by atoms with Gasteiger partial charge in [-0.25, -0.2) is 4.31 Å². The van der Waals surface area contributed by atoms with Crippen LogP contribution >= 0.6 is 23.3 Å². The zero-order valence-electron chi connectivity index (χ0n) is 8.62. The smallest absolute Gasteiger partial charge is 0.268 e. The lowest BCUT2D eigenvalue weighted by Gasteiger charge is -2.09. The van der Waals surface area contributed by atoms with Crippen LogP contribution in [-0.2, 0) is 0 Å². The molecule has 2 heterocycles. The number of fused-ring (bicyclic) bond motifs is 1. The van der Waals surface area contributed by atoms with Crippen LogP contribution in [0, 0.1) is 0 Å². The summed E-state index contributed by atoms with van der Waals surface area (Å²) in [4.78, 5) is 24.0. The van der Waals surface area contributed by atoms with Crippen molar-refractivity contribution in [3.8, 4) is 0 Å². The van der Waals surface area contributed by atoms with Gasteiger partial charge in [0, 0.05) is 11.9 Å². The topological polar surface area (TPSA) is 37.4 Å². The molecule has 1 aliphatic rings. The van der Waals surface area contributed by atoms with E-state index in [4.69, 9.17) is 0 Å². The molecule has 0 radical (unpaired) electrons. The molecule has 0 saturated carbocycles. The fraction of sp³-hybridized carbons (Fsp3) is 0. The van der Waals surface area contributed by atoms with E-state index in [-0.39, 0.29) is 11.8 Å². The number of hydrogen-bond donors (Lipinski definition) is 0. The normalized spacial score (nSPS) is 14.2. The van der Waals surface area contributed by atoms with Gasteiger partial charge in [0.2, 0.25) is 0 Å². The molecule has 0 spiro atoms. The number of carbonyl (C=O) groups is 2. The van der Waals surface area contributed by atoms with Crippen LogP contribution in [0.15, 0.2) is 46.0 Å². The van der Waals surface area contributed by atoms with Crippen LogP contribution in [0.2, 0.25) is 0 Å². The van der Waals surface area contributed by atoms with Crippen LogP contribution in [0.4, 0.5) is 0 Å². The summed E-state index contributed by atoms with van der Waals surface area (Å²) in [6.07, 6.45) is 0. The lowest BCUT2D eigenvalue weighted by atomic mass is 10.1. The predicted octanol–water partition coefficient (Wildman–Crippen LogP) is 3.05. The molecule has 3 rings (SSSR count). The van der Waals surface area contributed by atoms with E-state index in [9.17, 15) is 9.59 Å². The van der Waals surface area contributed by atoms with Crippen LogP contribution in [-0.4, -0.2) is 16.1 Å². The summed E-state index contributed by atoms with van der Waals surface area (Å²) in [5.41, 5.74) is 0.975. The lowest BCUT2D eigenvalue weighted by molar-refractivity contribution is 0.0777. The summed E-state index contributed by atoms with van der Waals surface area (Å²) >= 11 is 2.69. The fourth-order valence-electron chi connectivity index (χ4n) is 1.66. The van der Waals surface area contributed by atoms with E-state index >= 15 is 0 Å². The first-order valence-electron chi connectivity index (χ1n) is 4.96. The Morgan fingerprint density at radius 2 is 1.59 bits per heavy atom. The standard InChI is InChI=1S/C12H7NO2S2/c14-11-8-4-1-2-5-9(8)12(15)13(11)17-10-6-3-7-16-10/h1-7H. The summed E-state index contributed by atoms with van der Waals surface area (Å²) < 4.78 is 2.15. The van der Waals surface area contributed by atoms with Crippen molar-refractivity contribution in [1.29, 1.82) is 0 Å². The third-order valence-electron chi connectivity index (χ3n) is 2.43. The van der Waals surface area contributed by atoms with Crippen molar-refractivity contribution < 1.29 is 9.59 Å². The molecule has 1 aliphatic heterocycles. The van der Waals surface area contributed by atoms with Crippen molar-refractivity contribution in [3.05, 3.63) is 52.9 Å². The van der Waals surface area contributed by atoms with Gasteiger partial charge in [-0.3, -0.25) is 9.59 Å². The summed E-state index contributed by atoms with van der Waals surface area (Å²) in [7, 11) is 0. The highest BCUT2D eigenvalue weighted by Gasteiger charge is 2.36. The summed E-state index contributed by atoms with van der Waals surface area (Å²) in [6.45, 7) is 0. The molecule has 0 unspecified atom stereocenters. The van der Waals surface area contributed by atoms with E-state index < -0.39 is 0 Å². The first kappa shape index (κ1) is 10.6. The van der Waals surface area contributed by atoms with Gasteiger partial charge in [0.1, 0.15) is 0 Å². The van der Waals surface area contributed by atoms with E-state index in [1.54, 1.807) is 24.3 Å². The largest absolute Gasteiger partial charge is 0.272 e. The van der Waals surface area contributed by atoms with Crippen LogP contribution in [0.1, 0.15) is 20.7 Å². The second-order valence-corrected chi connectivity index (χ2v) is 5.67. The maximum atomic E-state index is 12.0. The number of nitrogens with zero attached hydrogens (tertiary/aromatic N) is 1. The minimum absolute atomic E-state index is 0.232. The number of benzene rings is 1. The monoisotopic (exact) mass is 261 g/mol. The highest BCUT2D eigenvalue weighted by atomic mass is 32.2. The van der Waals surface area contributed by atoms with Crippen LogP contribution in [0.3, 0.4) is 0 Å². The molecule has 2 amide bonds. The molecule has 0 N–H and O–H groups in total. The maximum Gasteiger partial charge on any atom is 0.272 e. The number of thiophene rings is 1. The Kier molecular flexibility index (Phi) is 2.49. The molecule has 5 heteroatoms. The Morgan fingerprint density at radius 1 is 0.941 bits per heavy atom. The minimum atomic E-state index is -0.232. The summed E-state index contributed by atoms with van der Waals surface area (Å²) in [5, 5.41) is 1.92. The number of imide groups is 1. The van der Waals surface area contributed by atoms with Crippen molar-refractivity contribution in [1.82, 2.24) is 4.31 Å². The van der Waals surface area contributed by atoms with Gasteiger partial charge in [-0.2, -0.15) is 0 Å². The number of rotatable bonds is 2. The molecular formula is C12H7NO2S2. The number of hydrogen-bond acceptors (Lipinski definition) is 4. The maximum absolute atomic E-state index is 12.0. The molecular weight excluding hydrogens is 254 g/mol. The van der Waals surface area contributed by atoms with Gasteiger partial charge in [-0.1, -0.05) is 18.2 Å². The van der Waals surface area contributed by atoms with E-state index in [2.05, 4.69) is 0 Å². The van der Waals surface area contributed by atoms with E-state index in [0.717, 1.165) is 4.21 Å². The molecule has 2 aromatic rings. The molecule has 1 aromatic heterocycles. The highest BCUT2D eigenvalue weighted by molar-refractivity contribution is 8.00. The molecule has 0 fully saturated rings. The Hall–Kier alpha value is -1.59. The van der Waals surface area contributed by atoms with Crippen molar-refractivity contribution in [3.63, 3.8) is 0 Å². The Balaban J connectivity index is 1.95. The van der Waals surface area contributed by atoms with Gasteiger partial charge in [-0.05, 0) is 23.6 Å². The van der Waals surface area contributed by atoms with E-state index in [1.165, 1.54) is 27.6 Å². The molecule has 1 aromatic carbocycles. The molecule has 17 heavy (non-hydrogen) atoms. The van der Waals surface area contributed by atoms with E-state index in [0.29, 0.717) is 11.1 Å². The van der Waals surface area contributed by atoms with Crippen molar-refractivity contribution in [2.45, 2.75) is 4.21 Å². The fourth-order valence-corrected chi connectivity index (χ4v) is 3.35. The SMILES string of the molecule is O=C1c2ccccc2C(=O)N1Sc1cccs1. The zero-order valence-corrected chi connectivity index (χ0v) is 10.3. The second kappa shape index (κ2) is 4.01. The number of carbonyl (C=O) groups excluding carboxylic acids is 2. The van der Waals surface area contributed by atoms with Crippen molar-refractivity contribution in [2.24, 2.45) is 0 Å². The zero-order chi connectivity index (χ0) is 11.8. The lowest BCUT2D eigenvalue weighted by Crippen LogP contribution is -2.21. The first-order valence-corrected chi connectivity index (χ1v) is 6.62. The Morgan fingerprint density at radius 3 is 2.12 bits per heavy atom. The molecule has 0 atom stereocenters. The third-order valence-corrected chi connectivity index (χ3v) is 4.44. The molecule has 0 saturated heterocycles. The number of amides is 2. The second-order valence-electron chi connectivity index (χ2n) is 3.47. The average molecular weight is 261 g/mol. The third kappa shape index (κ3) is 1.67. The van der Waals surface area contributed by atoms with Gasteiger partial charge < -0.3 is 0 Å². The predicted molar refractivity (Wildman–Crippen MR) is 67.1 cm³/mol. The van der Waals surface area contributed by atoms with Crippen molar-refractivity contribution in [2.75, 3.05) is 0 Å². The molecule has 84 valence electrons. The van der Waals surface area contributed by atoms with E-state index in [1.807, 2.05) is 17.5 Å².